The van der Waals surface area contributed by atoms with Gasteiger partial charge in [-0.1, -0.05) is 0 Å². The van der Waals surface area contributed by atoms with Crippen LogP contribution in [0, 0.1) is 13.8 Å². The van der Waals surface area contributed by atoms with Crippen LogP contribution in [0.25, 0.3) is 0 Å². The molecule has 6 heteroatoms. The molecule has 106 valence electrons. The van der Waals surface area contributed by atoms with Crippen molar-refractivity contribution in [3.63, 3.8) is 0 Å². The summed E-state index contributed by atoms with van der Waals surface area (Å²) in [5.74, 6) is -0.326. The van der Waals surface area contributed by atoms with Crippen molar-refractivity contribution in [1.82, 2.24) is 9.36 Å². The highest BCUT2D eigenvalue weighted by Gasteiger charge is 2.19. The van der Waals surface area contributed by atoms with E-state index >= 15 is 0 Å². The van der Waals surface area contributed by atoms with Gasteiger partial charge in [0.2, 0.25) is 0 Å². The molecule has 0 radical (unpaired) electrons. The summed E-state index contributed by atoms with van der Waals surface area (Å²) in [5.41, 5.74) is 3.48. The minimum absolute atomic E-state index is 0.326. The summed E-state index contributed by atoms with van der Waals surface area (Å²) in [6.45, 7) is 6.60. The Hall–Kier alpha value is -1.95. The van der Waals surface area contributed by atoms with E-state index < -0.39 is 0 Å². The number of aryl methyl sites for hydroxylation is 2. The molecule has 0 amide bonds. The molecule has 0 bridgehead atoms. The Bertz CT molecular complexity index is 610. The summed E-state index contributed by atoms with van der Waals surface area (Å²) in [6.07, 6.45) is 3.58. The number of carbonyl (C=O) groups is 1. The Kier molecular flexibility index (Phi) is 4.68. The van der Waals surface area contributed by atoms with E-state index in [4.69, 9.17) is 4.74 Å². The van der Waals surface area contributed by atoms with Crippen LogP contribution in [0.15, 0.2) is 18.5 Å². The molecule has 0 aliphatic heterocycles. The second-order valence-corrected chi connectivity index (χ2v) is 5.12. The molecule has 1 N–H and O–H groups in total. The van der Waals surface area contributed by atoms with Crippen molar-refractivity contribution in [2.24, 2.45) is 0 Å². The zero-order valence-corrected chi connectivity index (χ0v) is 12.6. The summed E-state index contributed by atoms with van der Waals surface area (Å²) in [7, 11) is 0. The van der Waals surface area contributed by atoms with Crippen LogP contribution in [-0.2, 0) is 11.3 Å². The number of nitrogens with one attached hydrogen (secondary N) is 1. The monoisotopic (exact) mass is 291 g/mol. The van der Waals surface area contributed by atoms with Crippen molar-refractivity contribution in [3.8, 4) is 0 Å². The fourth-order valence-corrected chi connectivity index (χ4v) is 2.59. The minimum Gasteiger partial charge on any atom is -0.462 e. The number of anilines is 1. The molecule has 0 saturated heterocycles. The lowest BCUT2D eigenvalue weighted by atomic mass is 10.1. The maximum Gasteiger partial charge on any atom is 0.343 e. The molecule has 2 aromatic rings. The highest BCUT2D eigenvalue weighted by atomic mass is 32.1. The van der Waals surface area contributed by atoms with Crippen molar-refractivity contribution < 1.29 is 9.53 Å². The number of pyridine rings is 1. The summed E-state index contributed by atoms with van der Waals surface area (Å²) < 4.78 is 9.28. The molecular formula is C14H17N3O2S. The van der Waals surface area contributed by atoms with Crippen molar-refractivity contribution in [2.45, 2.75) is 27.3 Å². The van der Waals surface area contributed by atoms with Gasteiger partial charge < -0.3 is 10.1 Å². The number of ether oxygens (including phenoxy) is 1. The number of nitrogens with zero attached hydrogens (tertiary/aromatic N) is 2. The smallest absolute Gasteiger partial charge is 0.343 e. The van der Waals surface area contributed by atoms with E-state index in [2.05, 4.69) is 14.7 Å². The first-order valence-corrected chi connectivity index (χ1v) is 7.17. The number of carbonyl (C=O) groups excluding carboxylic acids is 1. The maximum atomic E-state index is 11.9. The molecule has 0 fully saturated rings. The maximum absolute atomic E-state index is 11.9. The molecule has 0 aliphatic rings. The summed E-state index contributed by atoms with van der Waals surface area (Å²) >= 11 is 1.28. The summed E-state index contributed by atoms with van der Waals surface area (Å²) in [6, 6.07) is 1.96. The SMILES string of the molecule is CCOC(=O)c1c(C)nsc1NCc1ccncc1C. The van der Waals surface area contributed by atoms with Gasteiger partial charge in [0.25, 0.3) is 0 Å². The predicted molar refractivity (Wildman–Crippen MR) is 79.1 cm³/mol. The quantitative estimate of drug-likeness (QED) is 0.858. The van der Waals surface area contributed by atoms with Crippen LogP contribution in [0.5, 0.6) is 0 Å². The number of aromatic nitrogens is 2. The van der Waals surface area contributed by atoms with Crippen molar-refractivity contribution in [3.05, 3.63) is 40.8 Å². The normalized spacial score (nSPS) is 10.3. The zero-order valence-electron chi connectivity index (χ0n) is 11.8. The van der Waals surface area contributed by atoms with Gasteiger partial charge in [-0.05, 0) is 49.5 Å². The van der Waals surface area contributed by atoms with Crippen LogP contribution < -0.4 is 5.32 Å². The molecule has 0 atom stereocenters. The second-order valence-electron chi connectivity index (χ2n) is 4.35. The highest BCUT2D eigenvalue weighted by molar-refractivity contribution is 7.10. The second kappa shape index (κ2) is 6.47. The molecule has 0 aromatic carbocycles. The van der Waals surface area contributed by atoms with E-state index in [0.29, 0.717) is 24.4 Å². The van der Waals surface area contributed by atoms with E-state index in [1.807, 2.05) is 26.1 Å². The molecule has 2 aromatic heterocycles. The topological polar surface area (TPSA) is 64.1 Å². The van der Waals surface area contributed by atoms with E-state index in [9.17, 15) is 4.79 Å². The average molecular weight is 291 g/mol. The number of hydrogen-bond donors (Lipinski definition) is 1. The van der Waals surface area contributed by atoms with Gasteiger partial charge in [0.1, 0.15) is 10.6 Å². The number of rotatable bonds is 5. The third kappa shape index (κ3) is 3.14. The molecule has 0 spiro atoms. The average Bonchev–Trinajstić information content (AvgIpc) is 2.79. The Morgan fingerprint density at radius 1 is 1.45 bits per heavy atom. The Labute approximate surface area is 122 Å². The standard InChI is InChI=1S/C14H17N3O2S/c1-4-19-14(18)12-10(3)17-20-13(12)16-8-11-5-6-15-7-9(11)2/h5-7,16H,4,8H2,1-3H3. The molecule has 2 heterocycles. The largest absolute Gasteiger partial charge is 0.462 e. The van der Waals surface area contributed by atoms with Crippen LogP contribution in [0.1, 0.15) is 34.1 Å². The van der Waals surface area contributed by atoms with Crippen LogP contribution in [0.4, 0.5) is 5.00 Å². The molecule has 2 rings (SSSR count). The van der Waals surface area contributed by atoms with Gasteiger partial charge >= 0.3 is 5.97 Å². The van der Waals surface area contributed by atoms with Gasteiger partial charge in [0.15, 0.2) is 0 Å². The molecule has 20 heavy (non-hydrogen) atoms. The fraction of sp³-hybridized carbons (Fsp3) is 0.357. The summed E-state index contributed by atoms with van der Waals surface area (Å²) in [4.78, 5) is 16.0. The highest BCUT2D eigenvalue weighted by Crippen LogP contribution is 2.26. The molecule has 5 nitrogen and oxygen atoms in total. The van der Waals surface area contributed by atoms with Gasteiger partial charge in [-0.2, -0.15) is 4.37 Å². The molecule has 0 unspecified atom stereocenters. The number of esters is 1. The van der Waals surface area contributed by atoms with E-state index in [-0.39, 0.29) is 5.97 Å². The van der Waals surface area contributed by atoms with E-state index in [1.54, 1.807) is 13.1 Å². The van der Waals surface area contributed by atoms with Crippen molar-refractivity contribution in [1.29, 1.82) is 0 Å². The van der Waals surface area contributed by atoms with Crippen LogP contribution in [-0.4, -0.2) is 21.9 Å². The lowest BCUT2D eigenvalue weighted by Gasteiger charge is -2.08. The minimum atomic E-state index is -0.326. The number of hydrogen-bond acceptors (Lipinski definition) is 6. The summed E-state index contributed by atoms with van der Waals surface area (Å²) in [5, 5.41) is 4.01. The Morgan fingerprint density at radius 3 is 2.95 bits per heavy atom. The van der Waals surface area contributed by atoms with Crippen LogP contribution in [0.2, 0.25) is 0 Å². The lowest BCUT2D eigenvalue weighted by molar-refractivity contribution is 0.0527. The van der Waals surface area contributed by atoms with Crippen LogP contribution >= 0.6 is 11.5 Å². The zero-order chi connectivity index (χ0) is 14.5. The first-order valence-electron chi connectivity index (χ1n) is 6.40. The van der Waals surface area contributed by atoms with Crippen molar-refractivity contribution >= 4 is 22.5 Å². The fourth-order valence-electron chi connectivity index (χ4n) is 1.81. The van der Waals surface area contributed by atoms with Gasteiger partial charge in [-0.25, -0.2) is 4.79 Å². The first kappa shape index (κ1) is 14.5. The van der Waals surface area contributed by atoms with Crippen molar-refractivity contribution in [2.75, 3.05) is 11.9 Å². The third-order valence-corrected chi connectivity index (χ3v) is 3.81. The van der Waals surface area contributed by atoms with E-state index in [0.717, 1.165) is 16.1 Å². The molecule has 0 aliphatic carbocycles. The van der Waals surface area contributed by atoms with Crippen LogP contribution in [0.3, 0.4) is 0 Å². The Balaban J connectivity index is 2.14. The third-order valence-electron chi connectivity index (χ3n) is 2.92. The van der Waals surface area contributed by atoms with Gasteiger partial charge in [0.05, 0.1) is 12.3 Å². The first-order chi connectivity index (χ1) is 9.63. The lowest BCUT2D eigenvalue weighted by Crippen LogP contribution is -2.09. The Morgan fingerprint density at radius 2 is 2.25 bits per heavy atom. The van der Waals surface area contributed by atoms with Gasteiger partial charge in [-0.3, -0.25) is 4.98 Å². The van der Waals surface area contributed by atoms with Gasteiger partial charge in [-0.15, -0.1) is 0 Å². The molecular weight excluding hydrogens is 274 g/mol. The van der Waals surface area contributed by atoms with Gasteiger partial charge in [0, 0.05) is 18.9 Å². The molecule has 0 saturated carbocycles. The predicted octanol–water partition coefficient (Wildman–Crippen LogP) is 2.94. The van der Waals surface area contributed by atoms with E-state index in [1.165, 1.54) is 11.5 Å².